The number of rotatable bonds is 6. The highest BCUT2D eigenvalue weighted by Crippen LogP contribution is 2.40. The van der Waals surface area contributed by atoms with Gasteiger partial charge in [-0.05, 0) is 43.9 Å². The van der Waals surface area contributed by atoms with Gasteiger partial charge in [0.05, 0.1) is 17.3 Å². The molecule has 1 aromatic carbocycles. The highest BCUT2D eigenvalue weighted by atomic mass is 19.1. The normalized spacial score (nSPS) is 14.6. The fourth-order valence-corrected chi connectivity index (χ4v) is 4.51. The second-order valence-corrected chi connectivity index (χ2v) is 11.2. The zero-order valence-electron chi connectivity index (χ0n) is 21.6. The summed E-state index contributed by atoms with van der Waals surface area (Å²) in [5.41, 5.74) is 1.16. The zero-order chi connectivity index (χ0) is 26.5. The molecule has 0 radical (unpaired) electrons. The molecule has 1 aliphatic rings. The largest absolute Gasteiger partial charge is 0.310 e. The molecule has 0 bridgehead atoms. The molecule has 0 saturated heterocycles. The number of carbonyl (C=O) groups is 2. The summed E-state index contributed by atoms with van der Waals surface area (Å²) in [6, 6.07) is 10.1. The first-order chi connectivity index (χ1) is 17.5. The van der Waals surface area contributed by atoms with E-state index >= 15 is 0 Å². The Kier molecular flexibility index (Phi) is 5.89. The standard InChI is InChI=1S/C28H29FN6O2/c1-27(2,3)13-12-19(36)22-20-23(33-26(37)28(20,4)5)32-24(31-22)21-17-10-8-14-30-25(17)35(34-21)15-16-9-6-7-11-18(16)29/h6-11,14H,12-13,15H2,1-5H3,(H,31,32,33,37). The van der Waals surface area contributed by atoms with E-state index in [0.717, 1.165) is 0 Å². The molecular formula is C28H29FN6O2. The predicted octanol–water partition coefficient (Wildman–Crippen LogP) is 5.31. The van der Waals surface area contributed by atoms with Crippen molar-refractivity contribution < 1.29 is 14.0 Å². The zero-order valence-corrected chi connectivity index (χ0v) is 21.6. The maximum Gasteiger partial charge on any atom is 0.235 e. The SMILES string of the molecule is CC(C)(C)CCC(=O)c1nc(-c2nn(Cc3ccccc3F)c3ncccc23)nc2c1C(C)(C)C(=O)N2. The van der Waals surface area contributed by atoms with Gasteiger partial charge in [-0.3, -0.25) is 9.59 Å². The van der Waals surface area contributed by atoms with E-state index in [0.29, 0.717) is 46.5 Å². The summed E-state index contributed by atoms with van der Waals surface area (Å²) < 4.78 is 16.0. The Hall–Kier alpha value is -4.01. The topological polar surface area (TPSA) is 103 Å². The number of aromatic nitrogens is 5. The van der Waals surface area contributed by atoms with Crippen molar-refractivity contribution >= 4 is 28.5 Å². The van der Waals surface area contributed by atoms with E-state index in [9.17, 15) is 14.0 Å². The van der Waals surface area contributed by atoms with Crippen LogP contribution in [0.5, 0.6) is 0 Å². The number of fused-ring (bicyclic) bond motifs is 2. The summed E-state index contributed by atoms with van der Waals surface area (Å²) in [5, 5.41) is 8.19. The quantitative estimate of drug-likeness (QED) is 0.360. The molecule has 1 aliphatic heterocycles. The molecule has 9 heteroatoms. The number of ketones is 1. The van der Waals surface area contributed by atoms with Crippen LogP contribution in [0.2, 0.25) is 0 Å². The second kappa shape index (κ2) is 8.83. The van der Waals surface area contributed by atoms with Crippen molar-refractivity contribution in [1.29, 1.82) is 0 Å². The number of nitrogens with one attached hydrogen (secondary N) is 1. The van der Waals surface area contributed by atoms with Gasteiger partial charge in [0, 0.05) is 23.7 Å². The maximum atomic E-state index is 14.4. The van der Waals surface area contributed by atoms with Gasteiger partial charge in [0.15, 0.2) is 17.3 Å². The van der Waals surface area contributed by atoms with Gasteiger partial charge in [-0.15, -0.1) is 0 Å². The van der Waals surface area contributed by atoms with Crippen LogP contribution in [0.25, 0.3) is 22.6 Å². The number of hydrogen-bond donors (Lipinski definition) is 1. The summed E-state index contributed by atoms with van der Waals surface area (Å²) in [5.74, 6) is -0.196. The van der Waals surface area contributed by atoms with E-state index < -0.39 is 5.41 Å². The maximum absolute atomic E-state index is 14.4. The minimum Gasteiger partial charge on any atom is -0.310 e. The fourth-order valence-electron chi connectivity index (χ4n) is 4.51. The van der Waals surface area contributed by atoms with Crippen molar-refractivity contribution in [1.82, 2.24) is 24.7 Å². The van der Waals surface area contributed by atoms with E-state index in [1.54, 1.807) is 49.0 Å². The van der Waals surface area contributed by atoms with Crippen LogP contribution in [0.15, 0.2) is 42.6 Å². The average molecular weight is 501 g/mol. The summed E-state index contributed by atoms with van der Waals surface area (Å²) in [6.45, 7) is 9.91. The van der Waals surface area contributed by atoms with Crippen LogP contribution in [0, 0.1) is 11.2 Å². The van der Waals surface area contributed by atoms with Crippen LogP contribution in [-0.2, 0) is 16.8 Å². The predicted molar refractivity (Wildman–Crippen MR) is 139 cm³/mol. The van der Waals surface area contributed by atoms with Crippen molar-refractivity contribution in [3.63, 3.8) is 0 Å². The molecule has 0 spiro atoms. The highest BCUT2D eigenvalue weighted by Gasteiger charge is 2.44. The van der Waals surface area contributed by atoms with E-state index in [2.05, 4.69) is 36.1 Å². The molecule has 37 heavy (non-hydrogen) atoms. The molecule has 1 amide bonds. The van der Waals surface area contributed by atoms with E-state index in [1.165, 1.54) is 6.07 Å². The second-order valence-electron chi connectivity index (χ2n) is 11.2. The first kappa shape index (κ1) is 24.7. The van der Waals surface area contributed by atoms with Crippen molar-refractivity contribution in [3.05, 3.63) is 65.2 Å². The molecule has 3 aromatic heterocycles. The minimum atomic E-state index is -0.950. The monoisotopic (exact) mass is 500 g/mol. The van der Waals surface area contributed by atoms with Gasteiger partial charge in [0.2, 0.25) is 5.91 Å². The molecule has 0 aliphatic carbocycles. The van der Waals surface area contributed by atoms with Gasteiger partial charge < -0.3 is 5.32 Å². The number of anilines is 1. The van der Waals surface area contributed by atoms with E-state index in [4.69, 9.17) is 10.1 Å². The Labute approximate surface area is 214 Å². The lowest BCUT2D eigenvalue weighted by molar-refractivity contribution is -0.119. The van der Waals surface area contributed by atoms with Crippen LogP contribution < -0.4 is 5.32 Å². The Morgan fingerprint density at radius 1 is 1.11 bits per heavy atom. The molecular weight excluding hydrogens is 471 g/mol. The van der Waals surface area contributed by atoms with Crippen molar-refractivity contribution in [2.24, 2.45) is 5.41 Å². The molecule has 4 heterocycles. The van der Waals surface area contributed by atoms with Crippen molar-refractivity contribution in [3.8, 4) is 11.5 Å². The smallest absolute Gasteiger partial charge is 0.235 e. The molecule has 8 nitrogen and oxygen atoms in total. The number of halogens is 1. The van der Waals surface area contributed by atoms with Gasteiger partial charge in [0.1, 0.15) is 23.0 Å². The van der Waals surface area contributed by atoms with Gasteiger partial charge in [0.25, 0.3) is 0 Å². The van der Waals surface area contributed by atoms with Gasteiger partial charge in [-0.1, -0.05) is 39.0 Å². The third kappa shape index (κ3) is 4.50. The summed E-state index contributed by atoms with van der Waals surface area (Å²) in [4.78, 5) is 40.1. The minimum absolute atomic E-state index is 0.0361. The Morgan fingerprint density at radius 2 is 1.86 bits per heavy atom. The number of amides is 1. The molecule has 0 fully saturated rings. The van der Waals surface area contributed by atoms with E-state index in [1.807, 2.05) is 6.07 Å². The van der Waals surface area contributed by atoms with Crippen LogP contribution in [0.4, 0.5) is 10.2 Å². The number of Topliss-reactive ketones (excluding diaryl/α,β-unsaturated/α-hetero) is 1. The number of nitrogens with zero attached hydrogens (tertiary/aromatic N) is 5. The lowest BCUT2D eigenvalue weighted by Crippen LogP contribution is -2.28. The Bertz CT molecular complexity index is 1550. The molecule has 190 valence electrons. The molecule has 0 unspecified atom stereocenters. The summed E-state index contributed by atoms with van der Waals surface area (Å²) in [6.07, 6.45) is 2.60. The lowest BCUT2D eigenvalue weighted by Gasteiger charge is -2.20. The number of hydrogen-bond acceptors (Lipinski definition) is 6. The van der Waals surface area contributed by atoms with Gasteiger partial charge in [-0.25, -0.2) is 24.0 Å². The molecule has 1 N–H and O–H groups in total. The molecule has 0 saturated carbocycles. The third-order valence-electron chi connectivity index (χ3n) is 6.70. The molecule has 5 rings (SSSR count). The first-order valence-corrected chi connectivity index (χ1v) is 12.3. The first-order valence-electron chi connectivity index (χ1n) is 12.3. The summed E-state index contributed by atoms with van der Waals surface area (Å²) in [7, 11) is 0. The summed E-state index contributed by atoms with van der Waals surface area (Å²) >= 11 is 0. The Balaban J connectivity index is 1.66. The van der Waals surface area contributed by atoms with E-state index in [-0.39, 0.29) is 41.0 Å². The van der Waals surface area contributed by atoms with Crippen molar-refractivity contribution in [2.45, 2.75) is 59.4 Å². The third-order valence-corrected chi connectivity index (χ3v) is 6.70. The average Bonchev–Trinajstić information content (AvgIpc) is 3.32. The number of benzene rings is 1. The van der Waals surface area contributed by atoms with Gasteiger partial charge in [-0.2, -0.15) is 5.10 Å². The van der Waals surface area contributed by atoms with Crippen LogP contribution in [0.1, 0.15) is 69.1 Å². The molecule has 0 atom stereocenters. The Morgan fingerprint density at radius 3 is 2.59 bits per heavy atom. The van der Waals surface area contributed by atoms with Crippen LogP contribution in [-0.4, -0.2) is 36.4 Å². The molecule has 4 aromatic rings. The highest BCUT2D eigenvalue weighted by molar-refractivity contribution is 6.09. The number of pyridine rings is 1. The fraction of sp³-hybridized carbons (Fsp3) is 0.357. The number of carbonyl (C=O) groups excluding carboxylic acids is 2. The van der Waals surface area contributed by atoms with Crippen LogP contribution >= 0.6 is 0 Å². The van der Waals surface area contributed by atoms with Gasteiger partial charge >= 0.3 is 0 Å². The van der Waals surface area contributed by atoms with Crippen molar-refractivity contribution in [2.75, 3.05) is 5.32 Å². The lowest BCUT2D eigenvalue weighted by atomic mass is 9.83. The van der Waals surface area contributed by atoms with Crippen LogP contribution in [0.3, 0.4) is 0 Å².